The number of sulfonamides is 1. The van der Waals surface area contributed by atoms with E-state index >= 15 is 0 Å². The molecule has 7 heteroatoms. The summed E-state index contributed by atoms with van der Waals surface area (Å²) < 4.78 is 40.0. The summed E-state index contributed by atoms with van der Waals surface area (Å²) in [4.78, 5) is 0.292. The smallest absolute Gasteiger partial charge is 0.263 e. The summed E-state index contributed by atoms with van der Waals surface area (Å²) >= 11 is 1.13. The maximum Gasteiger partial charge on any atom is 0.263 e. The van der Waals surface area contributed by atoms with Gasteiger partial charge in [0.25, 0.3) is 10.0 Å². The van der Waals surface area contributed by atoms with Gasteiger partial charge in [0.1, 0.15) is 10.7 Å². The average Bonchev–Trinajstić information content (AvgIpc) is 2.82. The number of aliphatic hydroxyl groups excluding tert-OH is 1. The Kier molecular flexibility index (Phi) is 3.88. The highest BCUT2D eigenvalue weighted by atomic mass is 32.2. The van der Waals surface area contributed by atoms with Crippen LogP contribution < -0.4 is 4.72 Å². The molecule has 2 aromatic rings. The van der Waals surface area contributed by atoms with Crippen LogP contribution in [0, 0.1) is 12.7 Å². The minimum absolute atomic E-state index is 0.0278. The van der Waals surface area contributed by atoms with Gasteiger partial charge in [-0.1, -0.05) is 6.07 Å². The van der Waals surface area contributed by atoms with Gasteiger partial charge < -0.3 is 5.11 Å². The van der Waals surface area contributed by atoms with Crippen LogP contribution in [0.1, 0.15) is 10.4 Å². The molecule has 0 aliphatic carbocycles. The maximum absolute atomic E-state index is 13.6. The quantitative estimate of drug-likeness (QED) is 0.912. The fourth-order valence-corrected chi connectivity index (χ4v) is 3.95. The Hall–Kier alpha value is -1.44. The minimum Gasteiger partial charge on any atom is -0.391 e. The number of hydrogen-bond acceptors (Lipinski definition) is 4. The number of aliphatic hydroxyl groups is 1. The minimum atomic E-state index is -3.89. The summed E-state index contributed by atoms with van der Waals surface area (Å²) in [7, 11) is -3.89. The zero-order valence-corrected chi connectivity index (χ0v) is 11.7. The lowest BCUT2D eigenvalue weighted by molar-refractivity contribution is 0.282. The first-order chi connectivity index (χ1) is 8.94. The summed E-state index contributed by atoms with van der Waals surface area (Å²) in [6.07, 6.45) is 0. The summed E-state index contributed by atoms with van der Waals surface area (Å²) in [5.41, 5.74) is 0.590. The molecule has 1 aromatic heterocycles. The Morgan fingerprint density at radius 3 is 2.74 bits per heavy atom. The van der Waals surface area contributed by atoms with E-state index in [1.54, 1.807) is 18.4 Å². The topological polar surface area (TPSA) is 66.4 Å². The molecule has 0 spiro atoms. The molecule has 1 heterocycles. The number of thiophene rings is 1. The van der Waals surface area contributed by atoms with Crippen molar-refractivity contribution in [2.24, 2.45) is 0 Å². The summed E-state index contributed by atoms with van der Waals surface area (Å²) in [6.45, 7) is 1.34. The van der Waals surface area contributed by atoms with Crippen molar-refractivity contribution in [2.75, 3.05) is 4.72 Å². The predicted octanol–water partition coefficient (Wildman–Crippen LogP) is 2.49. The van der Waals surface area contributed by atoms with Crippen LogP contribution in [0.15, 0.2) is 34.5 Å². The van der Waals surface area contributed by atoms with Crippen molar-refractivity contribution in [3.63, 3.8) is 0 Å². The van der Waals surface area contributed by atoms with Gasteiger partial charge in [0.2, 0.25) is 0 Å². The molecule has 0 amide bonds. The number of anilines is 1. The molecule has 0 unspecified atom stereocenters. The zero-order chi connectivity index (χ0) is 14.0. The fourth-order valence-electron chi connectivity index (χ4n) is 1.59. The van der Waals surface area contributed by atoms with E-state index in [4.69, 9.17) is 5.11 Å². The molecule has 0 saturated heterocycles. The van der Waals surface area contributed by atoms with Crippen LogP contribution in [-0.2, 0) is 16.6 Å². The fraction of sp³-hybridized carbons (Fsp3) is 0.167. The highest BCUT2D eigenvalue weighted by Gasteiger charge is 2.20. The van der Waals surface area contributed by atoms with Gasteiger partial charge >= 0.3 is 0 Å². The second kappa shape index (κ2) is 5.28. The Bertz CT molecular complexity index is 695. The van der Waals surface area contributed by atoms with Gasteiger partial charge in [-0.3, -0.25) is 4.72 Å². The van der Waals surface area contributed by atoms with Crippen LogP contribution >= 0.6 is 11.3 Å². The monoisotopic (exact) mass is 301 g/mol. The summed E-state index contributed by atoms with van der Waals surface area (Å²) in [6, 6.07) is 5.61. The van der Waals surface area contributed by atoms with Crippen molar-refractivity contribution >= 4 is 27.0 Å². The van der Waals surface area contributed by atoms with Gasteiger partial charge in [-0.2, -0.15) is 0 Å². The standard InChI is InChI=1S/C12H12FNO3S2/c1-8-2-3-10(9(13)6-8)14-19(16,17)12-4-5-18-11(12)7-15/h2-6,14-15H,7H2,1H3. The van der Waals surface area contributed by atoms with Crippen LogP contribution in [0.3, 0.4) is 0 Å². The Balaban J connectivity index is 2.37. The first-order valence-corrected chi connectivity index (χ1v) is 7.76. The number of halogens is 1. The lowest BCUT2D eigenvalue weighted by Crippen LogP contribution is -2.14. The van der Waals surface area contributed by atoms with E-state index in [9.17, 15) is 12.8 Å². The second-order valence-electron chi connectivity index (χ2n) is 3.95. The molecule has 0 saturated carbocycles. The highest BCUT2D eigenvalue weighted by molar-refractivity contribution is 7.93. The van der Waals surface area contributed by atoms with Gasteiger partial charge in [0.15, 0.2) is 0 Å². The van der Waals surface area contributed by atoms with Gasteiger partial charge in [-0.15, -0.1) is 11.3 Å². The number of nitrogens with one attached hydrogen (secondary N) is 1. The molecule has 2 rings (SSSR count). The summed E-state index contributed by atoms with van der Waals surface area (Å²) in [5.74, 6) is -0.635. The van der Waals surface area contributed by atoms with Crippen molar-refractivity contribution in [3.05, 3.63) is 45.9 Å². The summed E-state index contributed by atoms with van der Waals surface area (Å²) in [5, 5.41) is 10.6. The van der Waals surface area contributed by atoms with Crippen LogP contribution in [0.4, 0.5) is 10.1 Å². The van der Waals surface area contributed by atoms with Crippen LogP contribution in [-0.4, -0.2) is 13.5 Å². The number of benzene rings is 1. The normalized spacial score (nSPS) is 11.5. The highest BCUT2D eigenvalue weighted by Crippen LogP contribution is 2.25. The van der Waals surface area contributed by atoms with E-state index in [0.717, 1.165) is 11.3 Å². The van der Waals surface area contributed by atoms with Gasteiger partial charge in [-0.05, 0) is 36.1 Å². The molecular weight excluding hydrogens is 289 g/mol. The molecule has 102 valence electrons. The van der Waals surface area contributed by atoms with E-state index in [0.29, 0.717) is 10.4 Å². The number of hydrogen-bond donors (Lipinski definition) is 2. The molecule has 1 aromatic carbocycles. The Morgan fingerprint density at radius 1 is 1.37 bits per heavy atom. The molecule has 0 radical (unpaired) electrons. The maximum atomic E-state index is 13.6. The SMILES string of the molecule is Cc1ccc(NS(=O)(=O)c2ccsc2CO)c(F)c1. The second-order valence-corrected chi connectivity index (χ2v) is 6.61. The van der Waals surface area contributed by atoms with Crippen LogP contribution in [0.2, 0.25) is 0 Å². The first kappa shape index (κ1) is 14.0. The van der Waals surface area contributed by atoms with Gasteiger partial charge in [-0.25, -0.2) is 12.8 Å². The van der Waals surface area contributed by atoms with Crippen LogP contribution in [0.5, 0.6) is 0 Å². The average molecular weight is 301 g/mol. The van der Waals surface area contributed by atoms with Crippen molar-refractivity contribution in [1.29, 1.82) is 0 Å². The third kappa shape index (κ3) is 2.94. The molecule has 0 aliphatic heterocycles. The largest absolute Gasteiger partial charge is 0.391 e. The molecule has 0 aliphatic rings. The van der Waals surface area contributed by atoms with E-state index in [1.807, 2.05) is 0 Å². The van der Waals surface area contributed by atoms with Crippen molar-refractivity contribution in [1.82, 2.24) is 0 Å². The molecule has 0 fully saturated rings. The molecule has 19 heavy (non-hydrogen) atoms. The van der Waals surface area contributed by atoms with Crippen LogP contribution in [0.25, 0.3) is 0 Å². The zero-order valence-electron chi connectivity index (χ0n) is 10.1. The van der Waals surface area contributed by atoms with Crippen molar-refractivity contribution in [2.45, 2.75) is 18.4 Å². The Labute approximate surface area is 114 Å². The van der Waals surface area contributed by atoms with E-state index in [-0.39, 0.29) is 17.2 Å². The molecule has 4 nitrogen and oxygen atoms in total. The number of aryl methyl sites for hydroxylation is 1. The molecule has 0 bridgehead atoms. The van der Waals surface area contributed by atoms with Gasteiger partial charge in [0.05, 0.1) is 17.2 Å². The molecular formula is C12H12FNO3S2. The van der Waals surface area contributed by atoms with Crippen molar-refractivity contribution in [3.8, 4) is 0 Å². The van der Waals surface area contributed by atoms with Crippen molar-refractivity contribution < 1.29 is 17.9 Å². The third-order valence-corrected chi connectivity index (χ3v) is 4.99. The van der Waals surface area contributed by atoms with Gasteiger partial charge in [0, 0.05) is 0 Å². The predicted molar refractivity (Wildman–Crippen MR) is 72.2 cm³/mol. The Morgan fingerprint density at radius 2 is 2.11 bits per heavy atom. The third-order valence-electron chi connectivity index (χ3n) is 2.51. The first-order valence-electron chi connectivity index (χ1n) is 5.40. The lowest BCUT2D eigenvalue weighted by Gasteiger charge is -2.09. The molecule has 0 atom stereocenters. The van der Waals surface area contributed by atoms with E-state index < -0.39 is 15.8 Å². The number of rotatable bonds is 4. The molecule has 2 N–H and O–H groups in total. The lowest BCUT2D eigenvalue weighted by atomic mass is 10.2. The van der Waals surface area contributed by atoms with E-state index in [1.165, 1.54) is 18.2 Å². The van der Waals surface area contributed by atoms with E-state index in [2.05, 4.69) is 4.72 Å².